The van der Waals surface area contributed by atoms with Gasteiger partial charge in [-0.05, 0) is 31.1 Å². The molecule has 0 aliphatic heterocycles. The van der Waals surface area contributed by atoms with Crippen LogP contribution < -0.4 is 5.32 Å². The topological polar surface area (TPSA) is 29.9 Å². The van der Waals surface area contributed by atoms with E-state index < -0.39 is 0 Å². The van der Waals surface area contributed by atoms with Crippen LogP contribution in [0.25, 0.3) is 6.20 Å². The van der Waals surface area contributed by atoms with Gasteiger partial charge < -0.3 is 5.32 Å². The van der Waals surface area contributed by atoms with Crippen molar-refractivity contribution in [1.82, 2.24) is 15.1 Å². The molecule has 3 nitrogen and oxygen atoms in total. The zero-order valence-electron chi connectivity index (χ0n) is 10.9. The molecule has 0 spiro atoms. The summed E-state index contributed by atoms with van der Waals surface area (Å²) >= 11 is 0. The zero-order chi connectivity index (χ0) is 12.3. The Kier molecular flexibility index (Phi) is 4.00. The number of hydrogen-bond donors (Lipinski definition) is 1. The first-order valence-corrected chi connectivity index (χ1v) is 6.58. The molecule has 1 aliphatic carbocycles. The lowest BCUT2D eigenvalue weighted by atomic mass is 9.80. The maximum Gasteiger partial charge on any atom is 0.0538 e. The van der Waals surface area contributed by atoms with Crippen LogP contribution in [0.1, 0.15) is 38.7 Å². The lowest BCUT2D eigenvalue weighted by molar-refractivity contribution is 0.227. The van der Waals surface area contributed by atoms with Crippen molar-refractivity contribution in [2.75, 3.05) is 0 Å². The number of rotatable bonds is 4. The van der Waals surface area contributed by atoms with Gasteiger partial charge in [0.05, 0.1) is 6.20 Å². The second-order valence-electron chi connectivity index (χ2n) is 5.39. The van der Waals surface area contributed by atoms with E-state index in [0.29, 0.717) is 6.04 Å². The van der Waals surface area contributed by atoms with Crippen LogP contribution in [0.4, 0.5) is 0 Å². The fourth-order valence-electron chi connectivity index (χ4n) is 2.79. The highest BCUT2D eigenvalue weighted by Gasteiger charge is 2.24. The molecule has 1 saturated carbocycles. The monoisotopic (exact) mass is 233 g/mol. The van der Waals surface area contributed by atoms with Gasteiger partial charge in [-0.3, -0.25) is 0 Å². The molecule has 1 fully saturated rings. The van der Waals surface area contributed by atoms with Gasteiger partial charge in [-0.1, -0.05) is 20.4 Å². The first kappa shape index (κ1) is 12.4. The summed E-state index contributed by atoms with van der Waals surface area (Å²) in [6, 6.07) is 0.665. The van der Waals surface area contributed by atoms with E-state index in [2.05, 4.69) is 30.8 Å². The lowest BCUT2D eigenvalue weighted by Crippen LogP contribution is -2.38. The molecule has 0 amide bonds. The summed E-state index contributed by atoms with van der Waals surface area (Å²) < 4.78 is 1.75. The Morgan fingerprint density at radius 3 is 3.00 bits per heavy atom. The van der Waals surface area contributed by atoms with Gasteiger partial charge in [0.2, 0.25) is 0 Å². The molecule has 1 heterocycles. The third-order valence-electron chi connectivity index (χ3n) is 3.84. The fourth-order valence-corrected chi connectivity index (χ4v) is 2.79. The largest absolute Gasteiger partial charge is 0.310 e. The van der Waals surface area contributed by atoms with Crippen molar-refractivity contribution in [2.24, 2.45) is 11.8 Å². The van der Waals surface area contributed by atoms with Crippen molar-refractivity contribution in [3.63, 3.8) is 0 Å². The van der Waals surface area contributed by atoms with Crippen LogP contribution in [0.3, 0.4) is 0 Å². The summed E-state index contributed by atoms with van der Waals surface area (Å²) in [4.78, 5) is 0. The first-order chi connectivity index (χ1) is 8.19. The molecular weight excluding hydrogens is 210 g/mol. The molecule has 1 aliphatic rings. The molecule has 0 radical (unpaired) electrons. The minimum Gasteiger partial charge on any atom is -0.310 e. The molecular formula is C14H23N3. The van der Waals surface area contributed by atoms with E-state index in [9.17, 15) is 0 Å². The Morgan fingerprint density at radius 1 is 1.53 bits per heavy atom. The van der Waals surface area contributed by atoms with Crippen LogP contribution in [0, 0.1) is 11.8 Å². The van der Waals surface area contributed by atoms with Crippen molar-refractivity contribution in [1.29, 1.82) is 0 Å². The van der Waals surface area contributed by atoms with Crippen molar-refractivity contribution in [2.45, 2.75) is 45.7 Å². The van der Waals surface area contributed by atoms with E-state index in [-0.39, 0.29) is 0 Å². The molecule has 0 saturated heterocycles. The van der Waals surface area contributed by atoms with E-state index in [1.54, 1.807) is 10.9 Å². The van der Waals surface area contributed by atoms with Crippen LogP contribution in [-0.4, -0.2) is 15.8 Å². The smallest absolute Gasteiger partial charge is 0.0538 e. The summed E-state index contributed by atoms with van der Waals surface area (Å²) in [6.45, 7) is 9.33. The Labute approximate surface area is 104 Å². The molecule has 1 aromatic heterocycles. The molecule has 1 aromatic rings. The van der Waals surface area contributed by atoms with Gasteiger partial charge in [0.25, 0.3) is 0 Å². The molecule has 0 bridgehead atoms. The van der Waals surface area contributed by atoms with E-state index in [0.717, 1.165) is 18.4 Å². The molecule has 3 heteroatoms. The van der Waals surface area contributed by atoms with Gasteiger partial charge in [0, 0.05) is 30.5 Å². The number of hydrogen-bond acceptors (Lipinski definition) is 2. The molecule has 0 aromatic carbocycles. The maximum absolute atomic E-state index is 4.19. The highest BCUT2D eigenvalue weighted by molar-refractivity contribution is 5.17. The van der Waals surface area contributed by atoms with Gasteiger partial charge in [-0.25, -0.2) is 4.68 Å². The highest BCUT2D eigenvalue weighted by Crippen LogP contribution is 2.28. The maximum atomic E-state index is 4.19. The standard InChI is InChI=1S/C14H23N3/c1-4-17-10-13(9-16-17)8-15-14-6-5-11(2)7-12(14)3/h4,9-12,14-15H,1,5-8H2,2-3H3. The third-order valence-corrected chi connectivity index (χ3v) is 3.84. The van der Waals surface area contributed by atoms with E-state index >= 15 is 0 Å². The Bertz CT molecular complexity index is 369. The van der Waals surface area contributed by atoms with Crippen LogP contribution in [0.5, 0.6) is 0 Å². The summed E-state index contributed by atoms with van der Waals surface area (Å²) in [5.74, 6) is 1.68. The van der Waals surface area contributed by atoms with E-state index in [1.165, 1.54) is 24.8 Å². The molecule has 3 atom stereocenters. The number of aromatic nitrogens is 2. The highest BCUT2D eigenvalue weighted by atomic mass is 15.2. The lowest BCUT2D eigenvalue weighted by Gasteiger charge is -2.33. The van der Waals surface area contributed by atoms with Crippen LogP contribution >= 0.6 is 0 Å². The van der Waals surface area contributed by atoms with E-state index in [4.69, 9.17) is 0 Å². The van der Waals surface area contributed by atoms with Crippen LogP contribution in [0.2, 0.25) is 0 Å². The third kappa shape index (κ3) is 3.19. The summed E-state index contributed by atoms with van der Waals surface area (Å²) in [7, 11) is 0. The van der Waals surface area contributed by atoms with Crippen molar-refractivity contribution >= 4 is 6.20 Å². The quantitative estimate of drug-likeness (QED) is 0.866. The van der Waals surface area contributed by atoms with Crippen LogP contribution in [-0.2, 0) is 6.54 Å². The number of nitrogens with one attached hydrogen (secondary N) is 1. The summed E-state index contributed by atoms with van der Waals surface area (Å²) in [5, 5.41) is 7.85. The minimum absolute atomic E-state index is 0.665. The van der Waals surface area contributed by atoms with Crippen LogP contribution in [0.15, 0.2) is 19.0 Å². The minimum atomic E-state index is 0.665. The van der Waals surface area contributed by atoms with E-state index in [1.807, 2.05) is 12.4 Å². The van der Waals surface area contributed by atoms with Crippen molar-refractivity contribution in [3.8, 4) is 0 Å². The molecule has 3 unspecified atom stereocenters. The predicted molar refractivity (Wildman–Crippen MR) is 71.4 cm³/mol. The van der Waals surface area contributed by atoms with Gasteiger partial charge in [0.1, 0.15) is 0 Å². The molecule has 2 rings (SSSR count). The SMILES string of the molecule is C=Cn1cc(CNC2CCC(C)CC2C)cn1. The summed E-state index contributed by atoms with van der Waals surface area (Å²) in [5.41, 5.74) is 1.23. The second-order valence-corrected chi connectivity index (χ2v) is 5.39. The van der Waals surface area contributed by atoms with Gasteiger partial charge in [-0.2, -0.15) is 5.10 Å². The predicted octanol–water partition coefficient (Wildman–Crippen LogP) is 2.90. The fraction of sp³-hybridized carbons (Fsp3) is 0.643. The van der Waals surface area contributed by atoms with Crippen molar-refractivity contribution in [3.05, 3.63) is 24.5 Å². The second kappa shape index (κ2) is 5.50. The van der Waals surface area contributed by atoms with Gasteiger partial charge in [-0.15, -0.1) is 0 Å². The van der Waals surface area contributed by atoms with Gasteiger partial charge in [0.15, 0.2) is 0 Å². The Hall–Kier alpha value is -1.09. The molecule has 17 heavy (non-hydrogen) atoms. The summed E-state index contributed by atoms with van der Waals surface area (Å²) in [6.07, 6.45) is 9.66. The first-order valence-electron chi connectivity index (χ1n) is 6.58. The molecule has 1 N–H and O–H groups in total. The average molecular weight is 233 g/mol. The zero-order valence-corrected chi connectivity index (χ0v) is 10.9. The van der Waals surface area contributed by atoms with Crippen molar-refractivity contribution < 1.29 is 0 Å². The number of nitrogens with zero attached hydrogens (tertiary/aromatic N) is 2. The molecule has 94 valence electrons. The van der Waals surface area contributed by atoms with Gasteiger partial charge >= 0.3 is 0 Å². The Morgan fingerprint density at radius 2 is 2.35 bits per heavy atom. The normalized spacial score (nSPS) is 29.2. The Balaban J connectivity index is 1.83. The average Bonchev–Trinajstić information content (AvgIpc) is 2.76.